The van der Waals surface area contributed by atoms with Crippen molar-refractivity contribution in [3.63, 3.8) is 0 Å². The Morgan fingerprint density at radius 2 is 1.08 bits per heavy atom. The minimum atomic E-state index is -0.295. The van der Waals surface area contributed by atoms with E-state index in [4.69, 9.17) is 45.5 Å². The summed E-state index contributed by atoms with van der Waals surface area (Å²) in [6.45, 7) is 15.6. The molecule has 8 aromatic rings. The SMILES string of the molecule is Cc1c(-c2cccc(F)c2)nc2ncccc2c1Cl.Cc1c(-c2cccc(F)c2)nc2ncccc2c1N1CC2(CCOCC2)c2ncc(N3CCOCC3)cc21.c1nc2c(cc1N1CCOCC1)NCC21CCOCC1. The Hall–Kier alpha value is -6.95. The van der Waals surface area contributed by atoms with Crippen LogP contribution in [0.1, 0.15) is 48.2 Å². The van der Waals surface area contributed by atoms with E-state index in [2.05, 4.69) is 60.1 Å². The Morgan fingerprint density at radius 1 is 0.558 bits per heavy atom. The lowest BCUT2D eigenvalue weighted by molar-refractivity contribution is 0.0545. The van der Waals surface area contributed by atoms with Crippen LogP contribution in [0.3, 0.4) is 0 Å². The molecule has 1 N–H and O–H groups in total. The number of anilines is 5. The van der Waals surface area contributed by atoms with Gasteiger partial charge in [-0.1, -0.05) is 35.9 Å². The fourth-order valence-corrected chi connectivity index (χ4v) is 12.1. The first kappa shape index (κ1) is 50.8. The molecule has 14 nitrogen and oxygen atoms in total. The van der Waals surface area contributed by atoms with E-state index in [0.717, 1.165) is 174 Å². The Bertz CT molecular complexity index is 3460. The Balaban J connectivity index is 0.000000128. The average Bonchev–Trinajstić information content (AvgIpc) is 4.12. The first-order valence-electron chi connectivity index (χ1n) is 26.7. The monoisotopic (exact) mass is 1060 g/mol. The van der Waals surface area contributed by atoms with E-state index in [1.165, 1.54) is 35.3 Å². The largest absolute Gasteiger partial charge is 0.383 e. The van der Waals surface area contributed by atoms with E-state index in [9.17, 15) is 8.78 Å². The van der Waals surface area contributed by atoms with Crippen LogP contribution >= 0.6 is 11.6 Å². The lowest BCUT2D eigenvalue weighted by Gasteiger charge is -2.34. The minimum Gasteiger partial charge on any atom is -0.383 e. The number of nitrogens with one attached hydrogen (secondary N) is 1. The fraction of sp³-hybridized carbons (Fsp3) is 0.367. The second kappa shape index (κ2) is 21.8. The van der Waals surface area contributed by atoms with E-state index in [1.54, 1.807) is 30.6 Å². The second-order valence-corrected chi connectivity index (χ2v) is 21.1. The molecule has 396 valence electrons. The van der Waals surface area contributed by atoms with Crippen molar-refractivity contribution in [1.82, 2.24) is 29.9 Å². The lowest BCUT2D eigenvalue weighted by atomic mass is 9.78. The highest BCUT2D eigenvalue weighted by Crippen LogP contribution is 2.52. The standard InChI is InChI=1S/C30H30FN5O2.C15H10ClFN2.C15H21N3O2/c1-20-26(21-4-2-5-22(31)16-21)34-29-24(6-3-9-32-29)27(20)36-19-30(7-12-37-13-8-30)28-25(36)17-23(18-33-28)35-10-14-38-15-11-35;1-9-13(16)12-6-3-7-18-15(12)19-14(9)10-4-2-5-11(17)8-10;1-5-19-6-2-15(1)11-17-13-9-12(10-16-14(13)15)18-3-7-20-8-4-18/h2-6,9,16-18H,7-8,10-15,19H2,1H3;2-8H,1H3;9-10,17H,1-8,11H2. The molecule has 6 aliphatic rings. The number of rotatable bonds is 5. The van der Waals surface area contributed by atoms with Crippen molar-refractivity contribution in [3.8, 4) is 22.5 Å². The maximum atomic E-state index is 14.3. The van der Waals surface area contributed by atoms with Crippen molar-refractivity contribution < 1.29 is 27.7 Å². The van der Waals surface area contributed by atoms with Crippen molar-refractivity contribution in [2.45, 2.75) is 50.4 Å². The number of hydrogen-bond acceptors (Lipinski definition) is 14. The molecule has 2 aromatic carbocycles. The van der Waals surface area contributed by atoms with E-state index in [0.29, 0.717) is 27.6 Å². The molecule has 0 atom stereocenters. The van der Waals surface area contributed by atoms with Gasteiger partial charge in [0.15, 0.2) is 11.3 Å². The molecule has 12 heterocycles. The van der Waals surface area contributed by atoms with Crippen LogP contribution in [0, 0.1) is 25.5 Å². The number of halogens is 3. The van der Waals surface area contributed by atoms with Crippen molar-refractivity contribution in [2.75, 3.05) is 112 Å². The molecule has 2 spiro atoms. The fourth-order valence-electron chi connectivity index (χ4n) is 11.9. The van der Waals surface area contributed by atoms with Crippen LogP contribution < -0.4 is 20.0 Å². The van der Waals surface area contributed by atoms with Crippen molar-refractivity contribution in [1.29, 1.82) is 0 Å². The molecule has 17 heteroatoms. The van der Waals surface area contributed by atoms with Gasteiger partial charge in [-0.15, -0.1) is 0 Å². The zero-order valence-corrected chi connectivity index (χ0v) is 44.2. The summed E-state index contributed by atoms with van der Waals surface area (Å²) >= 11 is 6.35. The molecular formula is C60H61ClF2N10O4. The Morgan fingerprint density at radius 3 is 1.68 bits per heavy atom. The van der Waals surface area contributed by atoms with Crippen LogP contribution in [0.15, 0.2) is 110 Å². The van der Waals surface area contributed by atoms with Gasteiger partial charge in [-0.25, -0.2) is 28.7 Å². The summed E-state index contributed by atoms with van der Waals surface area (Å²) in [5, 5.41) is 5.96. The molecule has 0 unspecified atom stereocenters. The second-order valence-electron chi connectivity index (χ2n) is 20.7. The zero-order chi connectivity index (χ0) is 52.5. The summed E-state index contributed by atoms with van der Waals surface area (Å²) in [5.41, 5.74) is 14.1. The number of hydrogen-bond donors (Lipinski definition) is 1. The number of fused-ring (bicyclic) bond motifs is 6. The number of morpholine rings is 2. The summed E-state index contributed by atoms with van der Waals surface area (Å²) < 4.78 is 49.9. The van der Waals surface area contributed by atoms with Gasteiger partial charge in [-0.2, -0.15) is 0 Å². The van der Waals surface area contributed by atoms with E-state index in [-0.39, 0.29) is 22.5 Å². The molecule has 0 bridgehead atoms. The molecule has 4 saturated heterocycles. The first-order valence-corrected chi connectivity index (χ1v) is 27.1. The quantitative estimate of drug-likeness (QED) is 0.175. The molecule has 0 amide bonds. The molecule has 14 rings (SSSR count). The van der Waals surface area contributed by atoms with Crippen LogP contribution in [0.25, 0.3) is 44.6 Å². The molecule has 4 fully saturated rings. The Labute approximate surface area is 451 Å². The molecule has 0 radical (unpaired) electrons. The summed E-state index contributed by atoms with van der Waals surface area (Å²) in [5.74, 6) is -0.575. The summed E-state index contributed by atoms with van der Waals surface area (Å²) in [6, 6.07) is 25.2. The molecule has 0 aliphatic carbocycles. The summed E-state index contributed by atoms with van der Waals surface area (Å²) in [6.07, 6.45) is 11.5. The maximum Gasteiger partial charge on any atom is 0.161 e. The number of aromatic nitrogens is 6. The molecule has 0 saturated carbocycles. The van der Waals surface area contributed by atoms with Gasteiger partial charge in [-0.05, 0) is 111 Å². The summed E-state index contributed by atoms with van der Waals surface area (Å²) in [7, 11) is 0. The highest BCUT2D eigenvalue weighted by molar-refractivity contribution is 6.36. The Kier molecular flexibility index (Phi) is 14.4. The van der Waals surface area contributed by atoms with Crippen molar-refractivity contribution in [2.24, 2.45) is 0 Å². The highest BCUT2D eigenvalue weighted by Gasteiger charge is 2.47. The van der Waals surface area contributed by atoms with Gasteiger partial charge >= 0.3 is 0 Å². The van der Waals surface area contributed by atoms with Crippen LogP contribution in [0.5, 0.6) is 0 Å². The van der Waals surface area contributed by atoms with Gasteiger partial charge in [0.1, 0.15) is 11.6 Å². The van der Waals surface area contributed by atoms with Gasteiger partial charge in [0.25, 0.3) is 0 Å². The third-order valence-corrected chi connectivity index (χ3v) is 16.6. The van der Waals surface area contributed by atoms with E-state index >= 15 is 0 Å². The lowest BCUT2D eigenvalue weighted by Crippen LogP contribution is -2.38. The third-order valence-electron chi connectivity index (χ3n) is 16.1. The van der Waals surface area contributed by atoms with Crippen LogP contribution in [-0.2, 0) is 29.8 Å². The van der Waals surface area contributed by atoms with Crippen molar-refractivity contribution >= 4 is 62.1 Å². The van der Waals surface area contributed by atoms with Crippen LogP contribution in [-0.4, -0.2) is 122 Å². The topological polar surface area (TPSA) is 136 Å². The maximum absolute atomic E-state index is 14.3. The molecule has 6 aliphatic heterocycles. The highest BCUT2D eigenvalue weighted by atomic mass is 35.5. The van der Waals surface area contributed by atoms with Gasteiger partial charge < -0.3 is 39.0 Å². The number of nitrogens with zero attached hydrogens (tertiary/aromatic N) is 9. The minimum absolute atomic E-state index is 0.0830. The first-order chi connectivity index (χ1) is 37.7. The molecule has 77 heavy (non-hydrogen) atoms. The molecular weight excluding hydrogens is 998 g/mol. The normalized spacial score (nSPS) is 18.3. The number of ether oxygens (including phenoxy) is 4. The predicted molar refractivity (Wildman–Crippen MR) is 298 cm³/mol. The van der Waals surface area contributed by atoms with Gasteiger partial charge in [0, 0.05) is 111 Å². The van der Waals surface area contributed by atoms with Gasteiger partial charge in [0.05, 0.1) is 95.1 Å². The van der Waals surface area contributed by atoms with Gasteiger partial charge in [-0.3, -0.25) is 9.97 Å². The van der Waals surface area contributed by atoms with Crippen LogP contribution in [0.4, 0.5) is 37.2 Å². The van der Waals surface area contributed by atoms with Crippen molar-refractivity contribution in [3.05, 3.63) is 149 Å². The predicted octanol–water partition coefficient (Wildman–Crippen LogP) is 11.0. The molecule has 6 aromatic heterocycles. The number of pyridine rings is 6. The third kappa shape index (κ3) is 10.0. The zero-order valence-electron chi connectivity index (χ0n) is 43.4. The van der Waals surface area contributed by atoms with E-state index in [1.807, 2.05) is 49.6 Å². The number of benzene rings is 2. The van der Waals surface area contributed by atoms with Crippen LogP contribution in [0.2, 0.25) is 5.02 Å². The average molecular weight is 1060 g/mol. The smallest absolute Gasteiger partial charge is 0.161 e. The summed E-state index contributed by atoms with van der Waals surface area (Å²) in [4.78, 5) is 35.3. The van der Waals surface area contributed by atoms with E-state index < -0.39 is 0 Å². The van der Waals surface area contributed by atoms with Gasteiger partial charge in [0.2, 0.25) is 0 Å².